The second-order valence-corrected chi connectivity index (χ2v) is 11.6. The molecule has 0 spiro atoms. The van der Waals surface area contributed by atoms with Crippen LogP contribution in [0.4, 0.5) is 11.5 Å². The summed E-state index contributed by atoms with van der Waals surface area (Å²) >= 11 is 12.5. The smallest absolute Gasteiger partial charge is 0.256 e. The lowest BCUT2D eigenvalue weighted by molar-refractivity contribution is 0.0607. The summed E-state index contributed by atoms with van der Waals surface area (Å²) in [6, 6.07) is 7.99. The van der Waals surface area contributed by atoms with E-state index in [4.69, 9.17) is 28.3 Å². The molecule has 35 heavy (non-hydrogen) atoms. The van der Waals surface area contributed by atoms with Crippen LogP contribution in [-0.2, 0) is 10.0 Å². The van der Waals surface area contributed by atoms with Crippen LogP contribution in [0.3, 0.4) is 0 Å². The lowest BCUT2D eigenvalue weighted by Gasteiger charge is -2.35. The van der Waals surface area contributed by atoms with Crippen LogP contribution in [0.25, 0.3) is 5.65 Å². The largest absolute Gasteiger partial charge is 0.356 e. The maximum atomic E-state index is 13.7. The van der Waals surface area contributed by atoms with Crippen molar-refractivity contribution < 1.29 is 13.2 Å². The van der Waals surface area contributed by atoms with E-state index in [0.717, 1.165) is 63.0 Å². The molecule has 0 radical (unpaired) electrons. The van der Waals surface area contributed by atoms with Gasteiger partial charge in [0.15, 0.2) is 5.65 Å². The molecule has 4 heterocycles. The number of sulfonamides is 1. The number of amides is 1. The van der Waals surface area contributed by atoms with Gasteiger partial charge in [0.1, 0.15) is 11.0 Å². The quantitative estimate of drug-likeness (QED) is 0.485. The molecular formula is C23H26Cl2N6O3S. The summed E-state index contributed by atoms with van der Waals surface area (Å²) in [6.45, 7) is 2.39. The first-order valence-electron chi connectivity index (χ1n) is 11.6. The summed E-state index contributed by atoms with van der Waals surface area (Å²) in [5.74, 6) is 0.595. The standard InChI is InChI=1S/C23H26Cl2N6O3S/c1-35(33,34)28-17-8-7-15(24)12-16(17)23(32)30-11-3-2-6-19(30)18-13-21-26-20(25)14-22(31(21)27-18)29-9-4-5-10-29/h7-8,12-14,19,28H,2-6,9-11H2,1H3/t19-/m0/s1. The molecular weight excluding hydrogens is 511 g/mol. The Morgan fingerprint density at radius 3 is 2.54 bits per heavy atom. The third kappa shape index (κ3) is 5.05. The van der Waals surface area contributed by atoms with Gasteiger partial charge in [-0.1, -0.05) is 23.2 Å². The minimum absolute atomic E-state index is 0.200. The van der Waals surface area contributed by atoms with Crippen molar-refractivity contribution in [1.82, 2.24) is 19.5 Å². The number of rotatable bonds is 5. The molecule has 0 aliphatic carbocycles. The predicted octanol–water partition coefficient (Wildman–Crippen LogP) is 4.38. The summed E-state index contributed by atoms with van der Waals surface area (Å²) in [5, 5.41) is 5.62. The highest BCUT2D eigenvalue weighted by atomic mass is 35.5. The van der Waals surface area contributed by atoms with Crippen molar-refractivity contribution in [1.29, 1.82) is 0 Å². The minimum atomic E-state index is -3.58. The van der Waals surface area contributed by atoms with E-state index in [2.05, 4.69) is 14.6 Å². The number of piperidine rings is 1. The van der Waals surface area contributed by atoms with Gasteiger partial charge in [0.05, 0.1) is 29.2 Å². The molecule has 3 aromatic rings. The molecule has 2 aliphatic rings. The van der Waals surface area contributed by atoms with Gasteiger partial charge in [0, 0.05) is 36.8 Å². The Morgan fingerprint density at radius 2 is 1.80 bits per heavy atom. The van der Waals surface area contributed by atoms with Crippen molar-refractivity contribution in [3.63, 3.8) is 0 Å². The van der Waals surface area contributed by atoms with Crippen LogP contribution in [0.5, 0.6) is 0 Å². The summed E-state index contributed by atoms with van der Waals surface area (Å²) in [7, 11) is -3.58. The molecule has 0 unspecified atom stereocenters. The second kappa shape index (κ2) is 9.48. The maximum absolute atomic E-state index is 13.7. The lowest BCUT2D eigenvalue weighted by atomic mass is 9.98. The average molecular weight is 537 g/mol. The Labute approximate surface area is 214 Å². The predicted molar refractivity (Wildman–Crippen MR) is 137 cm³/mol. The highest BCUT2D eigenvalue weighted by Gasteiger charge is 2.32. The first-order chi connectivity index (χ1) is 16.7. The minimum Gasteiger partial charge on any atom is -0.356 e. The summed E-state index contributed by atoms with van der Waals surface area (Å²) in [6.07, 6.45) is 5.80. The molecule has 0 saturated carbocycles. The van der Waals surface area contributed by atoms with E-state index >= 15 is 0 Å². The van der Waals surface area contributed by atoms with Gasteiger partial charge in [-0.25, -0.2) is 13.4 Å². The topological polar surface area (TPSA) is 99.9 Å². The number of hydrogen-bond acceptors (Lipinski definition) is 6. The number of anilines is 2. The van der Waals surface area contributed by atoms with E-state index in [0.29, 0.717) is 22.4 Å². The highest BCUT2D eigenvalue weighted by molar-refractivity contribution is 7.92. The van der Waals surface area contributed by atoms with Gasteiger partial charge >= 0.3 is 0 Å². The molecule has 12 heteroatoms. The third-order valence-electron chi connectivity index (χ3n) is 6.44. The van der Waals surface area contributed by atoms with E-state index in [1.54, 1.807) is 15.5 Å². The number of halogens is 2. The molecule has 2 saturated heterocycles. The number of carbonyl (C=O) groups is 1. The molecule has 2 fully saturated rings. The number of fused-ring (bicyclic) bond motifs is 1. The van der Waals surface area contributed by atoms with E-state index in [1.165, 1.54) is 12.1 Å². The van der Waals surface area contributed by atoms with Crippen LogP contribution >= 0.6 is 23.2 Å². The molecule has 1 aromatic carbocycles. The normalized spacial score (nSPS) is 18.9. The molecule has 5 rings (SSSR count). The van der Waals surface area contributed by atoms with Gasteiger partial charge in [-0.15, -0.1) is 0 Å². The molecule has 186 valence electrons. The van der Waals surface area contributed by atoms with Gasteiger partial charge in [-0.05, 0) is 50.3 Å². The fourth-order valence-electron chi connectivity index (χ4n) is 4.90. The molecule has 2 aromatic heterocycles. The van der Waals surface area contributed by atoms with Crippen LogP contribution in [0.1, 0.15) is 54.2 Å². The zero-order chi connectivity index (χ0) is 24.7. The molecule has 1 amide bonds. The van der Waals surface area contributed by atoms with Crippen molar-refractivity contribution in [2.24, 2.45) is 0 Å². The van der Waals surface area contributed by atoms with Gasteiger partial charge in [-0.2, -0.15) is 9.61 Å². The van der Waals surface area contributed by atoms with Crippen molar-refractivity contribution in [2.75, 3.05) is 35.5 Å². The molecule has 0 bridgehead atoms. The Hall–Kier alpha value is -2.56. The Morgan fingerprint density at radius 1 is 1.06 bits per heavy atom. The van der Waals surface area contributed by atoms with Crippen LogP contribution < -0.4 is 9.62 Å². The van der Waals surface area contributed by atoms with Crippen LogP contribution in [0.15, 0.2) is 30.3 Å². The number of benzene rings is 1. The molecule has 2 aliphatic heterocycles. The van der Waals surface area contributed by atoms with Crippen molar-refractivity contribution in [2.45, 2.75) is 38.1 Å². The molecule has 9 nitrogen and oxygen atoms in total. The van der Waals surface area contributed by atoms with Gasteiger partial charge in [0.2, 0.25) is 10.0 Å². The Kier molecular flexibility index (Phi) is 6.54. The second-order valence-electron chi connectivity index (χ2n) is 9.04. The summed E-state index contributed by atoms with van der Waals surface area (Å²) < 4.78 is 28.0. The summed E-state index contributed by atoms with van der Waals surface area (Å²) in [5.41, 5.74) is 1.77. The Balaban J connectivity index is 1.53. The average Bonchev–Trinajstić information content (AvgIpc) is 3.48. The molecule has 1 atom stereocenters. The van der Waals surface area contributed by atoms with Crippen LogP contribution in [0.2, 0.25) is 10.2 Å². The SMILES string of the molecule is CS(=O)(=O)Nc1ccc(Cl)cc1C(=O)N1CCCC[C@H]1c1cc2nc(Cl)cc(N3CCCC3)n2n1. The first-order valence-corrected chi connectivity index (χ1v) is 14.2. The van der Waals surface area contributed by atoms with Crippen molar-refractivity contribution in [3.05, 3.63) is 51.8 Å². The van der Waals surface area contributed by atoms with Crippen molar-refractivity contribution >= 4 is 56.3 Å². The van der Waals surface area contributed by atoms with Gasteiger partial charge < -0.3 is 9.80 Å². The number of nitrogens with one attached hydrogen (secondary N) is 1. The van der Waals surface area contributed by atoms with Crippen LogP contribution in [0, 0.1) is 0 Å². The third-order valence-corrected chi connectivity index (χ3v) is 7.46. The number of hydrogen-bond donors (Lipinski definition) is 1. The monoisotopic (exact) mass is 536 g/mol. The van der Waals surface area contributed by atoms with E-state index in [-0.39, 0.29) is 23.2 Å². The van der Waals surface area contributed by atoms with Gasteiger partial charge in [-0.3, -0.25) is 9.52 Å². The summed E-state index contributed by atoms with van der Waals surface area (Å²) in [4.78, 5) is 22.2. The first kappa shape index (κ1) is 24.1. The lowest BCUT2D eigenvalue weighted by Crippen LogP contribution is -2.39. The zero-order valence-corrected chi connectivity index (χ0v) is 21.6. The van der Waals surface area contributed by atoms with Crippen molar-refractivity contribution in [3.8, 4) is 0 Å². The molecule has 1 N–H and O–H groups in total. The van der Waals surface area contributed by atoms with E-state index < -0.39 is 10.0 Å². The number of aromatic nitrogens is 3. The number of carbonyl (C=O) groups excluding carboxylic acids is 1. The fraction of sp³-hybridized carbons (Fsp3) is 0.435. The number of likely N-dealkylation sites (tertiary alicyclic amines) is 1. The van der Waals surface area contributed by atoms with Gasteiger partial charge in [0.25, 0.3) is 5.91 Å². The fourth-order valence-corrected chi connectivity index (χ4v) is 5.83. The van der Waals surface area contributed by atoms with E-state index in [9.17, 15) is 13.2 Å². The van der Waals surface area contributed by atoms with Crippen LogP contribution in [-0.4, -0.2) is 59.7 Å². The zero-order valence-electron chi connectivity index (χ0n) is 19.2. The maximum Gasteiger partial charge on any atom is 0.256 e. The van der Waals surface area contributed by atoms with E-state index in [1.807, 2.05) is 12.1 Å². The number of nitrogens with zero attached hydrogens (tertiary/aromatic N) is 5. The Bertz CT molecular complexity index is 1390. The highest BCUT2D eigenvalue weighted by Crippen LogP contribution is 2.35.